The molecular weight excluding hydrogens is 284 g/mol. The van der Waals surface area contributed by atoms with Crippen molar-refractivity contribution in [3.8, 4) is 0 Å². The van der Waals surface area contributed by atoms with Gasteiger partial charge in [-0.15, -0.1) is 0 Å². The fourth-order valence-electron chi connectivity index (χ4n) is 1.87. The zero-order valence-electron chi connectivity index (χ0n) is 9.74. The molecule has 5 nitrogen and oxygen atoms in total. The van der Waals surface area contributed by atoms with Crippen molar-refractivity contribution < 1.29 is 4.79 Å². The van der Waals surface area contributed by atoms with E-state index in [1.807, 2.05) is 11.8 Å². The molecule has 1 aliphatic rings. The van der Waals surface area contributed by atoms with Crippen LogP contribution in [-0.4, -0.2) is 40.4 Å². The number of halogens is 1. The highest BCUT2D eigenvalue weighted by Gasteiger charge is 2.17. The van der Waals surface area contributed by atoms with Gasteiger partial charge in [-0.3, -0.25) is 4.79 Å². The molecule has 2 heterocycles. The van der Waals surface area contributed by atoms with Gasteiger partial charge in [0.15, 0.2) is 0 Å². The summed E-state index contributed by atoms with van der Waals surface area (Å²) in [5, 5.41) is 3.03. The van der Waals surface area contributed by atoms with Crippen molar-refractivity contribution in [3.63, 3.8) is 0 Å². The largest absolute Gasteiger partial charge is 0.361 e. The van der Waals surface area contributed by atoms with E-state index in [1.54, 1.807) is 6.07 Å². The van der Waals surface area contributed by atoms with E-state index in [1.165, 1.54) is 0 Å². The number of amides is 1. The van der Waals surface area contributed by atoms with Gasteiger partial charge in [0.05, 0.1) is 6.54 Å². The van der Waals surface area contributed by atoms with E-state index in [-0.39, 0.29) is 5.91 Å². The first-order valence-corrected chi connectivity index (χ1v) is 6.47. The molecule has 1 saturated heterocycles. The molecule has 0 aliphatic carbocycles. The molecule has 1 aromatic rings. The molecule has 1 aromatic heterocycles. The van der Waals surface area contributed by atoms with Gasteiger partial charge in [-0.2, -0.15) is 0 Å². The van der Waals surface area contributed by atoms with E-state index in [9.17, 15) is 4.79 Å². The Morgan fingerprint density at radius 3 is 2.82 bits per heavy atom. The Hall–Kier alpha value is -1.17. The number of hydrogen-bond acceptors (Lipinski definition) is 4. The van der Waals surface area contributed by atoms with Gasteiger partial charge in [-0.1, -0.05) is 0 Å². The number of rotatable bonds is 3. The van der Waals surface area contributed by atoms with Crippen molar-refractivity contribution in [3.05, 3.63) is 16.5 Å². The van der Waals surface area contributed by atoms with Crippen LogP contribution in [0.2, 0.25) is 0 Å². The first-order chi connectivity index (χ1) is 8.15. The molecule has 0 saturated carbocycles. The molecule has 0 bridgehead atoms. The number of hydrogen-bond donors (Lipinski definition) is 1. The molecule has 1 amide bonds. The van der Waals surface area contributed by atoms with Gasteiger partial charge >= 0.3 is 0 Å². The summed E-state index contributed by atoms with van der Waals surface area (Å²) in [6.45, 7) is 3.88. The number of anilines is 1. The summed E-state index contributed by atoms with van der Waals surface area (Å²) in [4.78, 5) is 22.0. The zero-order valence-corrected chi connectivity index (χ0v) is 11.3. The Bertz CT molecular complexity index is 398. The van der Waals surface area contributed by atoms with E-state index < -0.39 is 0 Å². The molecule has 1 fully saturated rings. The van der Waals surface area contributed by atoms with Gasteiger partial charge in [-0.25, -0.2) is 9.97 Å². The summed E-state index contributed by atoms with van der Waals surface area (Å²) < 4.78 is 0.723. The molecule has 1 aliphatic heterocycles. The average molecular weight is 299 g/mol. The highest BCUT2D eigenvalue weighted by atomic mass is 79.9. The predicted molar refractivity (Wildman–Crippen MR) is 68.8 cm³/mol. The first-order valence-electron chi connectivity index (χ1n) is 5.68. The van der Waals surface area contributed by atoms with Crippen LogP contribution < -0.4 is 5.32 Å². The molecule has 0 atom stereocenters. The Labute approximate surface area is 109 Å². The summed E-state index contributed by atoms with van der Waals surface area (Å²) in [6.07, 6.45) is 2.23. The van der Waals surface area contributed by atoms with E-state index >= 15 is 0 Å². The maximum absolute atomic E-state index is 11.8. The van der Waals surface area contributed by atoms with E-state index in [4.69, 9.17) is 0 Å². The second-order valence-electron chi connectivity index (χ2n) is 4.06. The number of likely N-dealkylation sites (tertiary alicyclic amines) is 1. The standard InChI is InChI=1S/C11H15BrN4O/c1-8-14-9(12)6-10(15-8)13-7-11(17)16-4-2-3-5-16/h6H,2-5,7H2,1H3,(H,13,14,15). The molecule has 1 N–H and O–H groups in total. The van der Waals surface area contributed by atoms with Crippen LogP contribution in [0.5, 0.6) is 0 Å². The lowest BCUT2D eigenvalue weighted by Gasteiger charge is -2.15. The number of carbonyl (C=O) groups is 1. The minimum atomic E-state index is 0.134. The quantitative estimate of drug-likeness (QED) is 0.861. The summed E-state index contributed by atoms with van der Waals surface area (Å²) >= 11 is 3.30. The Balaban J connectivity index is 1.90. The van der Waals surface area contributed by atoms with Crippen LogP contribution >= 0.6 is 15.9 Å². The average Bonchev–Trinajstić information content (AvgIpc) is 2.78. The molecule has 0 radical (unpaired) electrons. The van der Waals surface area contributed by atoms with Crippen molar-refractivity contribution in [2.24, 2.45) is 0 Å². The van der Waals surface area contributed by atoms with Gasteiger partial charge in [0.2, 0.25) is 5.91 Å². The number of carbonyl (C=O) groups excluding carboxylic acids is 1. The van der Waals surface area contributed by atoms with Crippen LogP contribution in [0.3, 0.4) is 0 Å². The van der Waals surface area contributed by atoms with Gasteiger partial charge in [-0.05, 0) is 35.7 Å². The lowest BCUT2D eigenvalue weighted by molar-refractivity contribution is -0.128. The van der Waals surface area contributed by atoms with Gasteiger partial charge < -0.3 is 10.2 Å². The van der Waals surface area contributed by atoms with Crippen molar-refractivity contribution in [2.45, 2.75) is 19.8 Å². The van der Waals surface area contributed by atoms with Crippen molar-refractivity contribution >= 4 is 27.7 Å². The fourth-order valence-corrected chi connectivity index (χ4v) is 2.34. The van der Waals surface area contributed by atoms with Crippen LogP contribution in [-0.2, 0) is 4.79 Å². The fraction of sp³-hybridized carbons (Fsp3) is 0.545. The van der Waals surface area contributed by atoms with Crippen molar-refractivity contribution in [2.75, 3.05) is 25.0 Å². The number of nitrogens with zero attached hydrogens (tertiary/aromatic N) is 3. The van der Waals surface area contributed by atoms with Crippen LogP contribution in [0.15, 0.2) is 10.7 Å². The summed E-state index contributed by atoms with van der Waals surface area (Å²) in [7, 11) is 0. The predicted octanol–water partition coefficient (Wildman–Crippen LogP) is 1.58. The highest BCUT2D eigenvalue weighted by Crippen LogP contribution is 2.12. The SMILES string of the molecule is Cc1nc(Br)cc(NCC(=O)N2CCCC2)n1. The lowest BCUT2D eigenvalue weighted by Crippen LogP contribution is -2.33. The molecule has 0 unspecified atom stereocenters. The van der Waals surface area contributed by atoms with E-state index in [2.05, 4.69) is 31.2 Å². The maximum Gasteiger partial charge on any atom is 0.241 e. The minimum Gasteiger partial charge on any atom is -0.361 e. The van der Waals surface area contributed by atoms with Gasteiger partial charge in [0.25, 0.3) is 0 Å². The Morgan fingerprint density at radius 2 is 2.18 bits per heavy atom. The molecule has 92 valence electrons. The van der Waals surface area contributed by atoms with Crippen molar-refractivity contribution in [1.29, 1.82) is 0 Å². The number of nitrogens with one attached hydrogen (secondary N) is 1. The van der Waals surface area contributed by atoms with Crippen LogP contribution in [0.1, 0.15) is 18.7 Å². The third-order valence-electron chi connectivity index (χ3n) is 2.69. The summed E-state index contributed by atoms with van der Waals surface area (Å²) in [5.74, 6) is 1.49. The third kappa shape index (κ3) is 3.39. The van der Waals surface area contributed by atoms with Crippen molar-refractivity contribution in [1.82, 2.24) is 14.9 Å². The van der Waals surface area contributed by atoms with E-state index in [0.717, 1.165) is 30.5 Å². The molecule has 6 heteroatoms. The molecule has 17 heavy (non-hydrogen) atoms. The zero-order chi connectivity index (χ0) is 12.3. The molecule has 0 aromatic carbocycles. The Kier molecular flexibility index (Phi) is 3.93. The molecule has 0 spiro atoms. The first kappa shape index (κ1) is 12.3. The van der Waals surface area contributed by atoms with Gasteiger partial charge in [0.1, 0.15) is 16.2 Å². The smallest absolute Gasteiger partial charge is 0.241 e. The normalized spacial score (nSPS) is 15.1. The molecule has 2 rings (SSSR count). The summed E-state index contributed by atoms with van der Waals surface area (Å²) in [6, 6.07) is 1.77. The van der Waals surface area contributed by atoms with Crippen LogP contribution in [0.4, 0.5) is 5.82 Å². The highest BCUT2D eigenvalue weighted by molar-refractivity contribution is 9.10. The molecular formula is C11H15BrN4O. The second kappa shape index (κ2) is 5.44. The minimum absolute atomic E-state index is 0.134. The topological polar surface area (TPSA) is 58.1 Å². The number of aryl methyl sites for hydroxylation is 1. The van der Waals surface area contributed by atoms with Gasteiger partial charge in [0, 0.05) is 19.2 Å². The maximum atomic E-state index is 11.8. The Morgan fingerprint density at radius 1 is 1.47 bits per heavy atom. The van der Waals surface area contributed by atoms with E-state index in [0.29, 0.717) is 18.2 Å². The summed E-state index contributed by atoms with van der Waals surface area (Å²) in [5.41, 5.74) is 0. The number of aromatic nitrogens is 2. The monoisotopic (exact) mass is 298 g/mol. The lowest BCUT2D eigenvalue weighted by atomic mass is 10.4. The third-order valence-corrected chi connectivity index (χ3v) is 3.09. The van der Waals surface area contributed by atoms with Crippen LogP contribution in [0.25, 0.3) is 0 Å². The second-order valence-corrected chi connectivity index (χ2v) is 4.88. The van der Waals surface area contributed by atoms with Crippen LogP contribution in [0, 0.1) is 6.92 Å².